The molecule has 2 aromatic carbocycles. The molecule has 3 aromatic heterocycles. The molecule has 5 rings (SSSR count). The third-order valence-electron chi connectivity index (χ3n) is 4.44. The van der Waals surface area contributed by atoms with Crippen LogP contribution in [-0.2, 0) is 0 Å². The number of nitrogens with zero attached hydrogens (tertiary/aromatic N) is 3. The predicted molar refractivity (Wildman–Crippen MR) is 119 cm³/mol. The van der Waals surface area contributed by atoms with Gasteiger partial charge < -0.3 is 4.42 Å². The van der Waals surface area contributed by atoms with Gasteiger partial charge in [-0.15, -0.1) is 0 Å². The normalized spacial score (nSPS) is 12.0. The number of furan rings is 1. The molecular formula is C22H12BrN3O3S. The topological polar surface area (TPSA) is 77.5 Å². The molecule has 0 aliphatic heterocycles. The van der Waals surface area contributed by atoms with Crippen molar-refractivity contribution in [3.8, 4) is 22.6 Å². The summed E-state index contributed by atoms with van der Waals surface area (Å²) >= 11 is 4.54. The Labute approximate surface area is 181 Å². The highest BCUT2D eigenvalue weighted by molar-refractivity contribution is 9.10. The van der Waals surface area contributed by atoms with E-state index in [4.69, 9.17) is 4.42 Å². The number of fused-ring (bicyclic) bond motifs is 1. The van der Waals surface area contributed by atoms with Crippen molar-refractivity contribution in [3.05, 3.63) is 102 Å². The van der Waals surface area contributed by atoms with Gasteiger partial charge >= 0.3 is 5.56 Å². The Hall–Kier alpha value is -3.36. The lowest BCUT2D eigenvalue weighted by atomic mass is 10.2. The first-order chi connectivity index (χ1) is 14.6. The van der Waals surface area contributed by atoms with Gasteiger partial charge in [-0.3, -0.25) is 9.59 Å². The summed E-state index contributed by atoms with van der Waals surface area (Å²) in [5.74, 6) is 1.22. The molecular weight excluding hydrogens is 466 g/mol. The molecule has 0 fully saturated rings. The molecule has 0 radical (unpaired) electrons. The third-order valence-corrected chi connectivity index (χ3v) is 5.89. The molecule has 0 unspecified atom stereocenters. The average molecular weight is 478 g/mol. The highest BCUT2D eigenvalue weighted by Gasteiger charge is 2.13. The minimum absolute atomic E-state index is 0.143. The summed E-state index contributed by atoms with van der Waals surface area (Å²) in [6.07, 6.45) is 1.64. The van der Waals surface area contributed by atoms with E-state index in [1.54, 1.807) is 36.4 Å². The minimum Gasteiger partial charge on any atom is -0.457 e. The lowest BCUT2D eigenvalue weighted by Crippen LogP contribution is -2.26. The van der Waals surface area contributed by atoms with Gasteiger partial charge in [-0.1, -0.05) is 69.7 Å². The molecule has 0 bridgehead atoms. The lowest BCUT2D eigenvalue weighted by Gasteiger charge is -1.98. The van der Waals surface area contributed by atoms with Crippen molar-refractivity contribution in [3.63, 3.8) is 0 Å². The van der Waals surface area contributed by atoms with E-state index in [9.17, 15) is 9.59 Å². The second-order valence-electron chi connectivity index (χ2n) is 6.45. The molecule has 0 saturated heterocycles. The van der Waals surface area contributed by atoms with Crippen LogP contribution in [0.2, 0.25) is 0 Å². The molecule has 146 valence electrons. The Morgan fingerprint density at radius 1 is 0.967 bits per heavy atom. The van der Waals surface area contributed by atoms with Gasteiger partial charge in [0.25, 0.3) is 5.56 Å². The van der Waals surface area contributed by atoms with Crippen LogP contribution in [0, 0.1) is 0 Å². The molecule has 0 aliphatic rings. The summed E-state index contributed by atoms with van der Waals surface area (Å²) in [6.45, 7) is 0. The monoisotopic (exact) mass is 477 g/mol. The number of thiazole rings is 1. The Morgan fingerprint density at radius 3 is 2.57 bits per heavy atom. The van der Waals surface area contributed by atoms with Gasteiger partial charge in [-0.05, 0) is 24.3 Å². The van der Waals surface area contributed by atoms with Gasteiger partial charge in [0.15, 0.2) is 5.69 Å². The lowest BCUT2D eigenvalue weighted by molar-refractivity contribution is 0.571. The number of hydrogen-bond acceptors (Lipinski definition) is 6. The summed E-state index contributed by atoms with van der Waals surface area (Å²) < 4.78 is 8.37. The number of halogens is 1. The summed E-state index contributed by atoms with van der Waals surface area (Å²) in [5, 5.41) is 4.25. The van der Waals surface area contributed by atoms with E-state index in [0.29, 0.717) is 21.6 Å². The van der Waals surface area contributed by atoms with Crippen LogP contribution in [0.4, 0.5) is 0 Å². The van der Waals surface area contributed by atoms with Gasteiger partial charge in [0.1, 0.15) is 16.1 Å². The summed E-state index contributed by atoms with van der Waals surface area (Å²) in [7, 11) is 0. The zero-order chi connectivity index (χ0) is 20.7. The van der Waals surface area contributed by atoms with Gasteiger partial charge in [0.05, 0.1) is 0 Å². The number of benzene rings is 2. The number of aromatic nitrogens is 3. The van der Waals surface area contributed by atoms with Crippen molar-refractivity contribution in [2.24, 2.45) is 0 Å². The fraction of sp³-hybridized carbons (Fsp3) is 0. The molecule has 0 N–H and O–H groups in total. The second kappa shape index (κ2) is 7.47. The fourth-order valence-electron chi connectivity index (χ4n) is 3.04. The van der Waals surface area contributed by atoms with Gasteiger partial charge in [0.2, 0.25) is 4.96 Å². The zero-order valence-electron chi connectivity index (χ0n) is 15.3. The molecule has 0 aliphatic carbocycles. The first-order valence-electron chi connectivity index (χ1n) is 8.95. The van der Waals surface area contributed by atoms with Gasteiger partial charge in [-0.2, -0.15) is 14.6 Å². The van der Waals surface area contributed by atoms with E-state index < -0.39 is 5.56 Å². The Morgan fingerprint density at radius 2 is 1.77 bits per heavy atom. The first kappa shape index (κ1) is 18.7. The Bertz CT molecular complexity index is 1550. The highest BCUT2D eigenvalue weighted by atomic mass is 79.9. The summed E-state index contributed by atoms with van der Waals surface area (Å²) in [6, 6.07) is 20.3. The second-order valence-corrected chi connectivity index (χ2v) is 8.38. The van der Waals surface area contributed by atoms with E-state index in [1.165, 1.54) is 4.52 Å². The molecule has 0 spiro atoms. The van der Waals surface area contributed by atoms with Crippen LogP contribution >= 0.6 is 27.3 Å². The summed E-state index contributed by atoms with van der Waals surface area (Å²) in [4.78, 5) is 29.5. The van der Waals surface area contributed by atoms with E-state index >= 15 is 0 Å². The van der Waals surface area contributed by atoms with E-state index in [2.05, 4.69) is 26.0 Å². The highest BCUT2D eigenvalue weighted by Crippen LogP contribution is 2.25. The SMILES string of the molecule is O=c1nc2s/c(=C/c3ccc(-c4cccc(Br)c4)o3)c(=O)n2nc1-c1ccccc1. The fourth-order valence-corrected chi connectivity index (χ4v) is 4.33. The molecule has 0 saturated carbocycles. The van der Waals surface area contributed by atoms with Crippen molar-refractivity contribution in [1.29, 1.82) is 0 Å². The van der Waals surface area contributed by atoms with Crippen molar-refractivity contribution in [2.45, 2.75) is 0 Å². The molecule has 0 atom stereocenters. The third kappa shape index (κ3) is 3.40. The molecule has 6 nitrogen and oxygen atoms in total. The maximum absolute atomic E-state index is 12.8. The summed E-state index contributed by atoms with van der Waals surface area (Å²) in [5.41, 5.74) is 0.864. The molecule has 3 heterocycles. The van der Waals surface area contributed by atoms with E-state index in [0.717, 1.165) is 21.4 Å². The van der Waals surface area contributed by atoms with Crippen LogP contribution in [-0.4, -0.2) is 14.6 Å². The predicted octanol–water partition coefficient (Wildman–Crippen LogP) is 3.75. The van der Waals surface area contributed by atoms with Crippen LogP contribution in [0.3, 0.4) is 0 Å². The Kier molecular flexibility index (Phi) is 4.65. The van der Waals surface area contributed by atoms with E-state index in [1.807, 2.05) is 36.4 Å². The van der Waals surface area contributed by atoms with Gasteiger partial charge in [0, 0.05) is 21.7 Å². The molecule has 5 aromatic rings. The zero-order valence-corrected chi connectivity index (χ0v) is 17.7. The van der Waals surface area contributed by atoms with Crippen molar-refractivity contribution >= 4 is 38.3 Å². The smallest absolute Gasteiger partial charge is 0.300 e. The quantitative estimate of drug-likeness (QED) is 0.395. The van der Waals surface area contributed by atoms with E-state index in [-0.39, 0.29) is 16.2 Å². The Balaban J connectivity index is 1.60. The molecule has 30 heavy (non-hydrogen) atoms. The van der Waals surface area contributed by atoms with Crippen LogP contribution in [0.1, 0.15) is 5.76 Å². The van der Waals surface area contributed by atoms with Crippen LogP contribution in [0.25, 0.3) is 33.6 Å². The molecule has 0 amide bonds. The van der Waals surface area contributed by atoms with Crippen molar-refractivity contribution < 1.29 is 4.42 Å². The van der Waals surface area contributed by atoms with Crippen LogP contribution in [0.15, 0.2) is 85.2 Å². The largest absolute Gasteiger partial charge is 0.457 e. The standard InChI is InChI=1S/C22H12BrN3O3S/c23-15-8-4-7-14(11-15)17-10-9-16(29-17)12-18-21(28)26-22(30-18)24-20(27)19(25-26)13-5-2-1-3-6-13/h1-12H/b18-12+. The maximum Gasteiger partial charge on any atom is 0.300 e. The van der Waals surface area contributed by atoms with Crippen LogP contribution in [0.5, 0.6) is 0 Å². The van der Waals surface area contributed by atoms with Crippen molar-refractivity contribution in [1.82, 2.24) is 14.6 Å². The number of rotatable bonds is 3. The molecule has 8 heteroatoms. The average Bonchev–Trinajstić information content (AvgIpc) is 3.33. The maximum atomic E-state index is 12.8. The first-order valence-corrected chi connectivity index (χ1v) is 10.6. The number of hydrogen-bond donors (Lipinski definition) is 0. The van der Waals surface area contributed by atoms with Gasteiger partial charge in [-0.25, -0.2) is 0 Å². The van der Waals surface area contributed by atoms with Crippen LogP contribution < -0.4 is 15.7 Å². The van der Waals surface area contributed by atoms with Crippen molar-refractivity contribution in [2.75, 3.05) is 0 Å². The minimum atomic E-state index is -0.469.